The van der Waals surface area contributed by atoms with Gasteiger partial charge < -0.3 is 4.90 Å². The second kappa shape index (κ2) is 8.28. The molecule has 2 fully saturated rings. The lowest BCUT2D eigenvalue weighted by Gasteiger charge is -2.38. The zero-order chi connectivity index (χ0) is 20.5. The highest BCUT2D eigenvalue weighted by molar-refractivity contribution is 7.08. The molecule has 1 aromatic carbocycles. The first-order valence-corrected chi connectivity index (χ1v) is 11.3. The van der Waals surface area contributed by atoms with Crippen molar-refractivity contribution in [3.63, 3.8) is 0 Å². The van der Waals surface area contributed by atoms with E-state index in [-0.39, 0.29) is 23.4 Å². The smallest absolute Gasteiger partial charge is 0.257 e. The molecule has 4 nitrogen and oxygen atoms in total. The predicted molar refractivity (Wildman–Crippen MR) is 116 cm³/mol. The maximum atomic E-state index is 14.3. The molecule has 0 bridgehead atoms. The van der Waals surface area contributed by atoms with Gasteiger partial charge in [0.1, 0.15) is 5.82 Å². The van der Waals surface area contributed by atoms with Gasteiger partial charge in [0.25, 0.3) is 5.91 Å². The monoisotopic (exact) mass is 421 g/mol. The standard InChI is InChI=1S/C24H24FN3OS/c25-22-7-2-1-6-19(22)24(29)28-15-20(17-9-12-30-16-17)21-14-27(11-8-23(21)28)13-18-5-3-4-10-26-18/h1-7,9-10,12,16,20-21,23H,8,11,13-15H2/t20-,21-,23-/m1/s1. The minimum atomic E-state index is -0.439. The van der Waals surface area contributed by atoms with E-state index >= 15 is 0 Å². The Kier molecular flexibility index (Phi) is 5.35. The molecule has 0 N–H and O–H groups in total. The molecule has 3 atom stereocenters. The Morgan fingerprint density at radius 1 is 1.13 bits per heavy atom. The minimum Gasteiger partial charge on any atom is -0.335 e. The van der Waals surface area contributed by atoms with Gasteiger partial charge in [-0.1, -0.05) is 18.2 Å². The summed E-state index contributed by atoms with van der Waals surface area (Å²) in [5.41, 5.74) is 2.54. The molecule has 5 rings (SSSR count). The molecule has 2 aliphatic heterocycles. The molecule has 0 radical (unpaired) electrons. The molecule has 2 aliphatic rings. The lowest BCUT2D eigenvalue weighted by atomic mass is 9.82. The number of carbonyl (C=O) groups is 1. The second-order valence-electron chi connectivity index (χ2n) is 8.18. The quantitative estimate of drug-likeness (QED) is 0.626. The molecule has 4 heterocycles. The van der Waals surface area contributed by atoms with Crippen LogP contribution in [0.25, 0.3) is 0 Å². The molecule has 1 amide bonds. The summed E-state index contributed by atoms with van der Waals surface area (Å²) in [7, 11) is 0. The highest BCUT2D eigenvalue weighted by Gasteiger charge is 2.47. The van der Waals surface area contributed by atoms with Crippen LogP contribution < -0.4 is 0 Å². The first-order chi connectivity index (χ1) is 14.7. The highest BCUT2D eigenvalue weighted by atomic mass is 32.1. The van der Waals surface area contributed by atoms with Gasteiger partial charge in [-0.3, -0.25) is 14.7 Å². The van der Waals surface area contributed by atoms with Crippen LogP contribution >= 0.6 is 11.3 Å². The molecule has 2 aromatic heterocycles. The Balaban J connectivity index is 1.40. The van der Waals surface area contributed by atoms with Gasteiger partial charge in [-0.15, -0.1) is 0 Å². The molecular weight excluding hydrogens is 397 g/mol. The van der Waals surface area contributed by atoms with Crippen molar-refractivity contribution in [3.8, 4) is 0 Å². The summed E-state index contributed by atoms with van der Waals surface area (Å²) < 4.78 is 14.3. The number of thiophene rings is 1. The van der Waals surface area contributed by atoms with E-state index in [1.54, 1.807) is 29.5 Å². The van der Waals surface area contributed by atoms with Gasteiger partial charge in [-0.05, 0) is 53.1 Å². The van der Waals surface area contributed by atoms with Gasteiger partial charge in [-0.2, -0.15) is 11.3 Å². The highest BCUT2D eigenvalue weighted by Crippen LogP contribution is 2.43. The summed E-state index contributed by atoms with van der Waals surface area (Å²) in [6.07, 6.45) is 2.74. The Morgan fingerprint density at radius 3 is 2.77 bits per heavy atom. The predicted octanol–water partition coefficient (Wildman–Crippen LogP) is 4.41. The SMILES string of the molecule is O=C(c1ccccc1F)N1C[C@H](c2ccsc2)[C@H]2CN(Cc3ccccn3)CC[C@H]21. The van der Waals surface area contributed by atoms with Crippen LogP contribution in [0.15, 0.2) is 65.5 Å². The molecule has 0 saturated carbocycles. The molecule has 0 aliphatic carbocycles. The summed E-state index contributed by atoms with van der Waals surface area (Å²) in [6.45, 7) is 3.30. The van der Waals surface area contributed by atoms with Crippen molar-refractivity contribution < 1.29 is 9.18 Å². The Labute approximate surface area is 180 Å². The van der Waals surface area contributed by atoms with E-state index in [1.807, 2.05) is 23.2 Å². The fourth-order valence-electron chi connectivity index (χ4n) is 5.03. The zero-order valence-corrected chi connectivity index (χ0v) is 17.5. The summed E-state index contributed by atoms with van der Waals surface area (Å²) in [6, 6.07) is 14.7. The van der Waals surface area contributed by atoms with Crippen molar-refractivity contribution in [2.45, 2.75) is 24.9 Å². The fraction of sp³-hybridized carbons (Fsp3) is 0.333. The molecule has 6 heteroatoms. The van der Waals surface area contributed by atoms with Crippen LogP contribution in [0, 0.1) is 11.7 Å². The number of fused-ring (bicyclic) bond motifs is 1. The van der Waals surface area contributed by atoms with Crippen molar-refractivity contribution in [1.82, 2.24) is 14.8 Å². The first-order valence-electron chi connectivity index (χ1n) is 10.4. The summed E-state index contributed by atoms with van der Waals surface area (Å²) in [5.74, 6) is 0.000851. The van der Waals surface area contributed by atoms with Gasteiger partial charge in [0.05, 0.1) is 11.3 Å². The van der Waals surface area contributed by atoms with Crippen LogP contribution in [0.1, 0.15) is 34.0 Å². The van der Waals surface area contributed by atoms with Gasteiger partial charge in [0.15, 0.2) is 0 Å². The van der Waals surface area contributed by atoms with Crippen LogP contribution in [0.4, 0.5) is 4.39 Å². The molecule has 0 spiro atoms. The summed E-state index contributed by atoms with van der Waals surface area (Å²) in [5, 5.41) is 4.29. The molecule has 0 unspecified atom stereocenters. The van der Waals surface area contributed by atoms with Gasteiger partial charge in [0, 0.05) is 50.3 Å². The van der Waals surface area contributed by atoms with E-state index in [1.165, 1.54) is 11.6 Å². The largest absolute Gasteiger partial charge is 0.335 e. The molecular formula is C24H24FN3OS. The number of pyridine rings is 1. The average Bonchev–Trinajstić information content (AvgIpc) is 3.42. The lowest BCUT2D eigenvalue weighted by Crippen LogP contribution is -2.47. The van der Waals surface area contributed by atoms with Crippen molar-refractivity contribution in [2.75, 3.05) is 19.6 Å². The van der Waals surface area contributed by atoms with Crippen LogP contribution in [0.5, 0.6) is 0 Å². The number of amides is 1. The number of nitrogens with zero attached hydrogens (tertiary/aromatic N) is 3. The van der Waals surface area contributed by atoms with Crippen molar-refractivity contribution in [2.24, 2.45) is 5.92 Å². The maximum absolute atomic E-state index is 14.3. The topological polar surface area (TPSA) is 36.4 Å². The van der Waals surface area contributed by atoms with E-state index in [9.17, 15) is 9.18 Å². The number of carbonyl (C=O) groups excluding carboxylic acids is 1. The third-order valence-corrected chi connectivity index (χ3v) is 7.16. The van der Waals surface area contributed by atoms with Crippen LogP contribution in [0.3, 0.4) is 0 Å². The third-order valence-electron chi connectivity index (χ3n) is 6.46. The van der Waals surface area contributed by atoms with Crippen LogP contribution in [0.2, 0.25) is 0 Å². The number of benzene rings is 1. The minimum absolute atomic E-state index is 0.141. The number of rotatable bonds is 4. The number of hydrogen-bond acceptors (Lipinski definition) is 4. The van der Waals surface area contributed by atoms with E-state index < -0.39 is 5.82 Å². The molecule has 2 saturated heterocycles. The Bertz CT molecular complexity index is 1010. The number of likely N-dealkylation sites (tertiary alicyclic amines) is 2. The first kappa shape index (κ1) is 19.4. The van der Waals surface area contributed by atoms with Crippen molar-refractivity contribution in [3.05, 3.63) is 88.1 Å². The third kappa shape index (κ3) is 3.66. The van der Waals surface area contributed by atoms with E-state index in [0.717, 1.165) is 31.7 Å². The van der Waals surface area contributed by atoms with Crippen molar-refractivity contribution in [1.29, 1.82) is 0 Å². The normalized spacial score (nSPS) is 24.0. The Hall–Kier alpha value is -2.57. The van der Waals surface area contributed by atoms with Crippen molar-refractivity contribution >= 4 is 17.2 Å². The lowest BCUT2D eigenvalue weighted by molar-refractivity contribution is 0.0608. The van der Waals surface area contributed by atoms with Crippen LogP contribution in [-0.2, 0) is 6.54 Å². The Morgan fingerprint density at radius 2 is 2.00 bits per heavy atom. The number of hydrogen-bond donors (Lipinski definition) is 0. The number of aromatic nitrogens is 1. The summed E-state index contributed by atoms with van der Waals surface area (Å²) in [4.78, 5) is 22.1. The molecule has 3 aromatic rings. The van der Waals surface area contributed by atoms with Gasteiger partial charge >= 0.3 is 0 Å². The second-order valence-corrected chi connectivity index (χ2v) is 8.96. The van der Waals surface area contributed by atoms with Gasteiger partial charge in [0.2, 0.25) is 0 Å². The van der Waals surface area contributed by atoms with E-state index in [0.29, 0.717) is 12.5 Å². The van der Waals surface area contributed by atoms with Gasteiger partial charge in [-0.25, -0.2) is 4.39 Å². The number of halogens is 1. The van der Waals surface area contributed by atoms with E-state index in [4.69, 9.17) is 0 Å². The molecule has 30 heavy (non-hydrogen) atoms. The summed E-state index contributed by atoms with van der Waals surface area (Å²) >= 11 is 1.69. The van der Waals surface area contributed by atoms with E-state index in [2.05, 4.69) is 32.8 Å². The fourth-order valence-corrected chi connectivity index (χ4v) is 5.76. The van der Waals surface area contributed by atoms with Crippen LogP contribution in [-0.4, -0.2) is 46.4 Å². The molecule has 154 valence electrons. The maximum Gasteiger partial charge on any atom is 0.257 e. The zero-order valence-electron chi connectivity index (χ0n) is 16.7. The average molecular weight is 422 g/mol. The number of piperidine rings is 1.